The van der Waals surface area contributed by atoms with Gasteiger partial charge in [0.25, 0.3) is 0 Å². The fraction of sp³-hybridized carbons (Fsp3) is 0.650. The summed E-state index contributed by atoms with van der Waals surface area (Å²) in [5.74, 6) is 0.0312. The van der Waals surface area contributed by atoms with Crippen LogP contribution in [0.2, 0.25) is 0 Å². The Balaban J connectivity index is 1.74. The molecule has 2 heterocycles. The van der Waals surface area contributed by atoms with Crippen LogP contribution in [-0.4, -0.2) is 51.0 Å². The molecule has 1 aliphatic heterocycles. The van der Waals surface area contributed by atoms with Gasteiger partial charge in [-0.2, -0.15) is 0 Å². The van der Waals surface area contributed by atoms with Crippen LogP contribution in [0.4, 0.5) is 4.79 Å². The fourth-order valence-corrected chi connectivity index (χ4v) is 3.36. The summed E-state index contributed by atoms with van der Waals surface area (Å²) in [6.07, 6.45) is 5.98. The third-order valence-corrected chi connectivity index (χ3v) is 4.75. The summed E-state index contributed by atoms with van der Waals surface area (Å²) in [6, 6.07) is 5.59. The summed E-state index contributed by atoms with van der Waals surface area (Å²) in [5.41, 5.74) is 0.319. The molecule has 6 nitrogen and oxygen atoms in total. The third kappa shape index (κ3) is 4.74. The fourth-order valence-electron chi connectivity index (χ4n) is 3.36. The lowest BCUT2D eigenvalue weighted by molar-refractivity contribution is -0.139. The highest BCUT2D eigenvalue weighted by Gasteiger charge is 2.41. The van der Waals surface area contributed by atoms with Crippen LogP contribution in [0.3, 0.4) is 0 Å². The molecule has 1 atom stereocenters. The smallest absolute Gasteiger partial charge is 0.410 e. The molecule has 0 spiro atoms. The van der Waals surface area contributed by atoms with E-state index in [1.165, 1.54) is 0 Å². The number of aromatic nitrogens is 1. The lowest BCUT2D eigenvalue weighted by Crippen LogP contribution is -2.54. The Morgan fingerprint density at radius 2 is 2.00 bits per heavy atom. The number of likely N-dealkylation sites (tertiary alicyclic amines) is 1. The van der Waals surface area contributed by atoms with Gasteiger partial charge in [0, 0.05) is 18.8 Å². The van der Waals surface area contributed by atoms with Crippen molar-refractivity contribution in [1.29, 1.82) is 0 Å². The Bertz CT molecular complexity index is 637. The Hall–Kier alpha value is -2.11. The maximum absolute atomic E-state index is 13.3. The minimum Gasteiger partial charge on any atom is -0.444 e. The standard InChI is InChI=1S/C20H29N3O3/c1-20(2,3)26-19(25)22-13-7-5-9-17(22)18(24)23(16-10-11-16)14-15-8-4-6-12-21-15/h4,6,8,12,16-17H,5,7,9-11,13-14H2,1-3H3. The van der Waals surface area contributed by atoms with E-state index in [0.717, 1.165) is 31.4 Å². The van der Waals surface area contributed by atoms with Gasteiger partial charge in [0.2, 0.25) is 5.91 Å². The molecule has 1 unspecified atom stereocenters. The van der Waals surface area contributed by atoms with E-state index >= 15 is 0 Å². The molecule has 2 aliphatic rings. The molecule has 3 rings (SSSR count). The lowest BCUT2D eigenvalue weighted by Gasteiger charge is -2.38. The zero-order valence-electron chi connectivity index (χ0n) is 16.0. The summed E-state index contributed by atoms with van der Waals surface area (Å²) in [7, 11) is 0. The van der Waals surface area contributed by atoms with Crippen LogP contribution < -0.4 is 0 Å². The van der Waals surface area contributed by atoms with E-state index < -0.39 is 11.6 Å². The number of pyridine rings is 1. The van der Waals surface area contributed by atoms with E-state index in [1.807, 2.05) is 43.9 Å². The van der Waals surface area contributed by atoms with Crippen LogP contribution >= 0.6 is 0 Å². The van der Waals surface area contributed by atoms with Gasteiger partial charge in [-0.05, 0) is 65.0 Å². The predicted molar refractivity (Wildman–Crippen MR) is 98.4 cm³/mol. The van der Waals surface area contributed by atoms with Crippen molar-refractivity contribution in [2.24, 2.45) is 0 Å². The van der Waals surface area contributed by atoms with Gasteiger partial charge in [-0.25, -0.2) is 4.79 Å². The molecule has 1 aliphatic carbocycles. The topological polar surface area (TPSA) is 62.7 Å². The third-order valence-electron chi connectivity index (χ3n) is 4.75. The van der Waals surface area contributed by atoms with Gasteiger partial charge in [0.1, 0.15) is 11.6 Å². The van der Waals surface area contributed by atoms with Crippen molar-refractivity contribution in [2.75, 3.05) is 6.54 Å². The van der Waals surface area contributed by atoms with Crippen LogP contribution in [0.5, 0.6) is 0 Å². The molecule has 1 aromatic rings. The minimum absolute atomic E-state index is 0.0312. The molecule has 0 radical (unpaired) electrons. The average Bonchev–Trinajstić information content (AvgIpc) is 3.43. The van der Waals surface area contributed by atoms with Crippen molar-refractivity contribution >= 4 is 12.0 Å². The lowest BCUT2D eigenvalue weighted by atomic mass is 10.0. The Labute approximate surface area is 155 Å². The molecule has 2 amide bonds. The summed E-state index contributed by atoms with van der Waals surface area (Å²) in [6.45, 7) is 6.63. The highest BCUT2D eigenvalue weighted by atomic mass is 16.6. The second-order valence-electron chi connectivity index (χ2n) is 8.20. The molecule has 1 saturated heterocycles. The van der Waals surface area contributed by atoms with E-state index in [2.05, 4.69) is 4.98 Å². The summed E-state index contributed by atoms with van der Waals surface area (Å²) in [4.78, 5) is 33.8. The zero-order valence-corrected chi connectivity index (χ0v) is 16.0. The Kier molecular flexibility index (Phi) is 5.49. The van der Waals surface area contributed by atoms with Gasteiger partial charge < -0.3 is 9.64 Å². The van der Waals surface area contributed by atoms with Crippen LogP contribution in [0.1, 0.15) is 58.6 Å². The molecule has 0 N–H and O–H groups in total. The van der Waals surface area contributed by atoms with Gasteiger partial charge in [0.05, 0.1) is 12.2 Å². The number of ether oxygens (including phenoxy) is 1. The van der Waals surface area contributed by atoms with E-state index in [-0.39, 0.29) is 18.0 Å². The molecule has 1 aromatic heterocycles. The predicted octanol–water partition coefficient (Wildman–Crippen LogP) is 3.36. The number of rotatable bonds is 4. The van der Waals surface area contributed by atoms with Gasteiger partial charge in [0.15, 0.2) is 0 Å². The van der Waals surface area contributed by atoms with Gasteiger partial charge >= 0.3 is 6.09 Å². The highest BCUT2D eigenvalue weighted by molar-refractivity contribution is 5.86. The molecular formula is C20H29N3O3. The molecule has 0 aromatic carbocycles. The highest BCUT2D eigenvalue weighted by Crippen LogP contribution is 2.31. The van der Waals surface area contributed by atoms with E-state index in [4.69, 9.17) is 4.74 Å². The summed E-state index contributed by atoms with van der Waals surface area (Å²) < 4.78 is 5.54. The number of carbonyl (C=O) groups is 2. The largest absolute Gasteiger partial charge is 0.444 e. The van der Waals surface area contributed by atoms with E-state index in [0.29, 0.717) is 19.5 Å². The van der Waals surface area contributed by atoms with Crippen LogP contribution in [0.25, 0.3) is 0 Å². The number of carbonyl (C=O) groups excluding carboxylic acids is 2. The molecular weight excluding hydrogens is 330 g/mol. The monoisotopic (exact) mass is 359 g/mol. The maximum atomic E-state index is 13.3. The molecule has 6 heteroatoms. The van der Waals surface area contributed by atoms with Crippen molar-refractivity contribution < 1.29 is 14.3 Å². The van der Waals surface area contributed by atoms with Crippen LogP contribution in [0, 0.1) is 0 Å². The van der Waals surface area contributed by atoms with Gasteiger partial charge in [-0.1, -0.05) is 6.07 Å². The molecule has 2 fully saturated rings. The molecule has 142 valence electrons. The average molecular weight is 359 g/mol. The quantitative estimate of drug-likeness (QED) is 0.827. The first-order valence-electron chi connectivity index (χ1n) is 9.55. The first-order chi connectivity index (χ1) is 12.3. The number of nitrogens with zero attached hydrogens (tertiary/aromatic N) is 3. The number of hydrogen-bond donors (Lipinski definition) is 0. The normalized spacial score (nSPS) is 20.6. The first kappa shape index (κ1) is 18.7. The van der Waals surface area contributed by atoms with Crippen molar-refractivity contribution in [2.45, 2.75) is 77.1 Å². The molecule has 0 bridgehead atoms. The van der Waals surface area contributed by atoms with Gasteiger partial charge in [-0.3, -0.25) is 14.7 Å². The Morgan fingerprint density at radius 1 is 1.23 bits per heavy atom. The number of amides is 2. The number of hydrogen-bond acceptors (Lipinski definition) is 4. The Morgan fingerprint density at radius 3 is 2.62 bits per heavy atom. The second kappa shape index (κ2) is 7.64. The van der Waals surface area contributed by atoms with E-state index in [9.17, 15) is 9.59 Å². The SMILES string of the molecule is CC(C)(C)OC(=O)N1CCCCC1C(=O)N(Cc1ccccn1)C1CC1. The maximum Gasteiger partial charge on any atom is 0.410 e. The zero-order chi connectivity index (χ0) is 18.7. The van der Waals surface area contributed by atoms with Crippen molar-refractivity contribution in [3.8, 4) is 0 Å². The van der Waals surface area contributed by atoms with Crippen LogP contribution in [-0.2, 0) is 16.1 Å². The van der Waals surface area contributed by atoms with Crippen molar-refractivity contribution in [1.82, 2.24) is 14.8 Å². The second-order valence-corrected chi connectivity index (χ2v) is 8.20. The minimum atomic E-state index is -0.563. The summed E-state index contributed by atoms with van der Waals surface area (Å²) in [5, 5.41) is 0. The van der Waals surface area contributed by atoms with E-state index in [1.54, 1.807) is 11.1 Å². The molecule has 26 heavy (non-hydrogen) atoms. The summed E-state index contributed by atoms with van der Waals surface area (Å²) >= 11 is 0. The van der Waals surface area contributed by atoms with Crippen molar-refractivity contribution in [3.63, 3.8) is 0 Å². The van der Waals surface area contributed by atoms with Crippen molar-refractivity contribution in [3.05, 3.63) is 30.1 Å². The first-order valence-corrected chi connectivity index (χ1v) is 9.55. The van der Waals surface area contributed by atoms with Gasteiger partial charge in [-0.15, -0.1) is 0 Å². The van der Waals surface area contributed by atoms with Crippen LogP contribution in [0.15, 0.2) is 24.4 Å². The number of piperidine rings is 1. The molecule has 1 saturated carbocycles.